The molecule has 0 aliphatic heterocycles. The highest BCUT2D eigenvalue weighted by Gasteiger charge is 2.30. The van der Waals surface area contributed by atoms with E-state index in [1.165, 1.54) is 24.3 Å². The number of halogens is 4. The monoisotopic (exact) mass is 541 g/mol. The van der Waals surface area contributed by atoms with E-state index in [9.17, 15) is 27.2 Å². The third kappa shape index (κ3) is 7.73. The molecule has 2 N–H and O–H groups in total. The fourth-order valence-electron chi connectivity index (χ4n) is 3.91. The maximum absolute atomic E-state index is 13.5. The molecule has 0 aliphatic rings. The predicted molar refractivity (Wildman–Crippen MR) is 134 cm³/mol. The fraction of sp³-hybridized carbons (Fsp3) is 0.214. The van der Waals surface area contributed by atoms with Crippen LogP contribution in [0.2, 0.25) is 0 Å². The Morgan fingerprint density at radius 2 is 1.62 bits per heavy atom. The van der Waals surface area contributed by atoms with Crippen molar-refractivity contribution in [1.29, 1.82) is 0 Å². The molecule has 0 fully saturated rings. The number of amides is 1. The first kappa shape index (κ1) is 27.5. The molecule has 1 heterocycles. The van der Waals surface area contributed by atoms with Gasteiger partial charge in [-0.3, -0.25) is 9.59 Å². The molecule has 4 aromatic rings. The number of aryl methyl sites for hydroxylation is 1. The number of rotatable bonds is 10. The number of benzene rings is 3. The maximum atomic E-state index is 13.5. The van der Waals surface area contributed by atoms with Gasteiger partial charge in [-0.1, -0.05) is 12.1 Å². The Morgan fingerprint density at radius 1 is 0.897 bits per heavy atom. The van der Waals surface area contributed by atoms with Gasteiger partial charge in [-0.15, -0.1) is 13.2 Å². The highest BCUT2D eigenvalue weighted by molar-refractivity contribution is 5.97. The molecule has 7 nitrogen and oxygen atoms in total. The van der Waals surface area contributed by atoms with Crippen LogP contribution in [0.4, 0.5) is 17.6 Å². The Bertz CT molecular complexity index is 1470. The third-order valence-electron chi connectivity index (χ3n) is 5.78. The van der Waals surface area contributed by atoms with Crippen LogP contribution in [-0.4, -0.2) is 33.3 Å². The number of carbonyl (C=O) groups excluding carboxylic acids is 1. The fourth-order valence-corrected chi connectivity index (χ4v) is 3.91. The summed E-state index contributed by atoms with van der Waals surface area (Å²) in [6.07, 6.45) is -3.33. The lowest BCUT2D eigenvalue weighted by molar-refractivity contribution is -0.274. The molecule has 0 atom stereocenters. The molecule has 0 aliphatic carbocycles. The van der Waals surface area contributed by atoms with Crippen LogP contribution in [0.5, 0.6) is 5.75 Å². The first-order valence-electron chi connectivity index (χ1n) is 12.0. The topological polar surface area (TPSA) is 101 Å². The number of hydrogen-bond acceptors (Lipinski definition) is 5. The van der Waals surface area contributed by atoms with Crippen molar-refractivity contribution < 1.29 is 37.0 Å². The van der Waals surface area contributed by atoms with Crippen molar-refractivity contribution in [3.8, 4) is 17.0 Å². The summed E-state index contributed by atoms with van der Waals surface area (Å²) in [6.45, 7) is 0.0766. The summed E-state index contributed by atoms with van der Waals surface area (Å²) >= 11 is 0. The van der Waals surface area contributed by atoms with Gasteiger partial charge in [0.2, 0.25) is 0 Å². The largest absolute Gasteiger partial charge is 0.573 e. The van der Waals surface area contributed by atoms with Gasteiger partial charge in [-0.05, 0) is 79.4 Å². The van der Waals surface area contributed by atoms with Gasteiger partial charge in [0.15, 0.2) is 0 Å². The lowest BCUT2D eigenvalue weighted by Crippen LogP contribution is -2.22. The molecule has 1 aromatic heterocycles. The minimum atomic E-state index is -4.78. The Hall–Kier alpha value is -4.54. The van der Waals surface area contributed by atoms with Gasteiger partial charge in [0, 0.05) is 24.1 Å². The summed E-state index contributed by atoms with van der Waals surface area (Å²) in [5, 5.41) is 11.6. The van der Waals surface area contributed by atoms with Crippen molar-refractivity contribution in [3.63, 3.8) is 0 Å². The van der Waals surface area contributed by atoms with Crippen molar-refractivity contribution in [2.75, 3.05) is 0 Å². The lowest BCUT2D eigenvalue weighted by Gasteiger charge is -2.12. The van der Waals surface area contributed by atoms with Crippen LogP contribution >= 0.6 is 0 Å². The van der Waals surface area contributed by atoms with E-state index in [4.69, 9.17) is 15.1 Å². The minimum absolute atomic E-state index is 0.0231. The second-order valence-electron chi connectivity index (χ2n) is 8.70. The standard InChI is InChI=1S/C28H23F4N3O4/c29-20-10-7-18(8-11-20)26-23(3-1-2-4-25(36)37)34-24-15-19(9-14-22(24)35-26)27(38)33-16-17-5-12-21(13-6-17)39-28(30,31)32/h5-15H,1-4,16H2,(H,33,38)(H,36,37). The van der Waals surface area contributed by atoms with Gasteiger partial charge >= 0.3 is 12.3 Å². The van der Waals surface area contributed by atoms with Crippen molar-refractivity contribution >= 4 is 22.9 Å². The number of hydrogen-bond donors (Lipinski definition) is 2. The zero-order chi connectivity index (χ0) is 28.0. The number of aliphatic carboxylic acids is 1. The van der Waals surface area contributed by atoms with E-state index in [1.807, 2.05) is 0 Å². The first-order chi connectivity index (χ1) is 18.6. The zero-order valence-electron chi connectivity index (χ0n) is 20.5. The molecule has 11 heteroatoms. The van der Waals surface area contributed by atoms with E-state index in [1.54, 1.807) is 30.3 Å². The summed E-state index contributed by atoms with van der Waals surface area (Å²) in [6, 6.07) is 15.8. The van der Waals surface area contributed by atoms with E-state index in [-0.39, 0.29) is 18.7 Å². The lowest BCUT2D eigenvalue weighted by atomic mass is 10.0. The normalized spacial score (nSPS) is 11.4. The Kier molecular flexibility index (Phi) is 8.38. The molecular weight excluding hydrogens is 518 g/mol. The molecule has 0 saturated heterocycles. The Morgan fingerprint density at radius 3 is 2.28 bits per heavy atom. The molecule has 1 amide bonds. The second kappa shape index (κ2) is 11.9. The van der Waals surface area contributed by atoms with Gasteiger partial charge < -0.3 is 15.2 Å². The summed E-state index contributed by atoms with van der Waals surface area (Å²) in [5.74, 6) is -2.05. The van der Waals surface area contributed by atoms with E-state index >= 15 is 0 Å². The zero-order valence-corrected chi connectivity index (χ0v) is 20.5. The molecule has 4 rings (SSSR count). The van der Waals surface area contributed by atoms with Crippen molar-refractivity contribution in [2.24, 2.45) is 0 Å². The number of carbonyl (C=O) groups is 2. The van der Waals surface area contributed by atoms with Crippen molar-refractivity contribution in [1.82, 2.24) is 15.3 Å². The number of alkyl halides is 3. The van der Waals surface area contributed by atoms with Gasteiger partial charge in [0.05, 0.1) is 22.4 Å². The number of nitrogens with zero attached hydrogens (tertiary/aromatic N) is 2. The van der Waals surface area contributed by atoms with Crippen LogP contribution < -0.4 is 10.1 Å². The molecule has 3 aromatic carbocycles. The highest BCUT2D eigenvalue weighted by atomic mass is 19.4. The van der Waals surface area contributed by atoms with Gasteiger partial charge in [-0.2, -0.15) is 0 Å². The predicted octanol–water partition coefficient (Wildman–Crippen LogP) is 6.06. The Balaban J connectivity index is 1.52. The summed E-state index contributed by atoms with van der Waals surface area (Å²) in [4.78, 5) is 33.0. The molecule has 0 saturated carbocycles. The number of unbranched alkanes of at least 4 members (excludes halogenated alkanes) is 1. The number of carboxylic acid groups (broad SMARTS) is 1. The average molecular weight is 542 g/mol. The van der Waals surface area contributed by atoms with Crippen molar-refractivity contribution in [2.45, 2.75) is 38.6 Å². The van der Waals surface area contributed by atoms with Gasteiger partial charge in [0.25, 0.3) is 5.91 Å². The number of fused-ring (bicyclic) bond motifs is 1. The summed E-state index contributed by atoms with van der Waals surface area (Å²) in [7, 11) is 0. The van der Waals surface area contributed by atoms with Gasteiger partial charge in [-0.25, -0.2) is 14.4 Å². The summed E-state index contributed by atoms with van der Waals surface area (Å²) < 4.78 is 54.3. The van der Waals surface area contributed by atoms with Crippen LogP contribution in [0.15, 0.2) is 66.7 Å². The number of nitrogens with one attached hydrogen (secondary N) is 1. The molecule has 39 heavy (non-hydrogen) atoms. The number of carboxylic acids is 1. The average Bonchev–Trinajstić information content (AvgIpc) is 2.89. The molecule has 0 radical (unpaired) electrons. The minimum Gasteiger partial charge on any atom is -0.481 e. The second-order valence-corrected chi connectivity index (χ2v) is 8.70. The van der Waals surface area contributed by atoms with Gasteiger partial charge in [0.1, 0.15) is 11.6 Å². The van der Waals surface area contributed by atoms with E-state index in [0.29, 0.717) is 58.4 Å². The molecule has 0 bridgehead atoms. The molecular formula is C28H23F4N3O4. The Labute approximate surface area is 220 Å². The van der Waals surface area contributed by atoms with E-state index < -0.39 is 24.1 Å². The highest BCUT2D eigenvalue weighted by Crippen LogP contribution is 2.26. The number of ether oxygens (including phenoxy) is 1. The SMILES string of the molecule is O=C(O)CCCCc1nc2cc(C(=O)NCc3ccc(OC(F)(F)F)cc3)ccc2nc1-c1ccc(F)cc1. The van der Waals surface area contributed by atoms with Crippen LogP contribution in [-0.2, 0) is 17.8 Å². The number of aromatic nitrogens is 2. The quantitative estimate of drug-likeness (QED) is 0.187. The van der Waals surface area contributed by atoms with Crippen molar-refractivity contribution in [3.05, 3.63) is 89.4 Å². The van der Waals surface area contributed by atoms with Crippen LogP contribution in [0.3, 0.4) is 0 Å². The molecule has 0 unspecified atom stereocenters. The van der Waals surface area contributed by atoms with Crippen LogP contribution in [0.1, 0.15) is 40.9 Å². The van der Waals surface area contributed by atoms with Crippen LogP contribution in [0.25, 0.3) is 22.3 Å². The smallest absolute Gasteiger partial charge is 0.481 e. The molecule has 0 spiro atoms. The van der Waals surface area contributed by atoms with Crippen LogP contribution in [0, 0.1) is 5.82 Å². The first-order valence-corrected chi connectivity index (χ1v) is 12.0. The summed E-state index contributed by atoms with van der Waals surface area (Å²) in [5.41, 5.74) is 3.65. The maximum Gasteiger partial charge on any atom is 0.573 e. The molecule has 202 valence electrons. The van der Waals surface area contributed by atoms with E-state index in [2.05, 4.69) is 10.1 Å². The van der Waals surface area contributed by atoms with E-state index in [0.717, 1.165) is 12.1 Å². The third-order valence-corrected chi connectivity index (χ3v) is 5.78.